The number of hydrogen-bond acceptors (Lipinski definition) is 6. The maximum Gasteiger partial charge on any atom is 0.404 e. The highest BCUT2D eigenvalue weighted by Gasteiger charge is 2.32. The van der Waals surface area contributed by atoms with E-state index in [0.717, 1.165) is 29.9 Å². The minimum Gasteiger partial charge on any atom is -0.465 e. The summed E-state index contributed by atoms with van der Waals surface area (Å²) >= 11 is 0. The molecule has 2 heterocycles. The minimum atomic E-state index is -2.22. The van der Waals surface area contributed by atoms with Crippen LogP contribution in [-0.4, -0.2) is 46.4 Å². The number of aryl methyl sites for hydroxylation is 1. The molecule has 2 amide bonds. The molecule has 10 nitrogen and oxygen atoms in total. The van der Waals surface area contributed by atoms with Crippen LogP contribution in [0.15, 0.2) is 33.5 Å². The van der Waals surface area contributed by atoms with Crippen LogP contribution in [0.3, 0.4) is 0 Å². The van der Waals surface area contributed by atoms with Gasteiger partial charge in [-0.3, -0.25) is 14.5 Å². The van der Waals surface area contributed by atoms with Crippen LogP contribution >= 0.6 is 0 Å². The predicted octanol–water partition coefficient (Wildman–Crippen LogP) is 3.88. The van der Waals surface area contributed by atoms with E-state index in [0.29, 0.717) is 22.0 Å². The molecule has 4 N–H and O–H groups in total. The Bertz CT molecular complexity index is 1700. The molecule has 0 bridgehead atoms. The van der Waals surface area contributed by atoms with Crippen molar-refractivity contribution in [2.45, 2.75) is 32.0 Å². The lowest BCUT2D eigenvalue weighted by Crippen LogP contribution is -2.41. The quantitative estimate of drug-likeness (QED) is 0.322. The zero-order chi connectivity index (χ0) is 27.5. The SMILES string of the molecule is Cc1c(-c2cc(F)c(N)cc2F)ccc2c3oc(N(C)C(=O)C(F)CNC(=O)O)nc3c(=O)n(C3CC3)c12. The van der Waals surface area contributed by atoms with Crippen molar-refractivity contribution >= 4 is 45.7 Å². The van der Waals surface area contributed by atoms with Crippen LogP contribution in [0.4, 0.5) is 29.7 Å². The largest absolute Gasteiger partial charge is 0.465 e. The molecule has 4 aromatic rings. The number of carboxylic acid groups (broad SMARTS) is 1. The Morgan fingerprint density at radius 1 is 1.26 bits per heavy atom. The second-order valence-corrected chi connectivity index (χ2v) is 9.12. The number of carbonyl (C=O) groups is 2. The number of carbonyl (C=O) groups excluding carboxylic acids is 1. The number of nitrogens with one attached hydrogen (secondary N) is 1. The van der Waals surface area contributed by atoms with Crippen molar-refractivity contribution in [1.29, 1.82) is 0 Å². The molecular formula is C25H22F3N5O5. The van der Waals surface area contributed by atoms with Gasteiger partial charge in [-0.25, -0.2) is 18.0 Å². The van der Waals surface area contributed by atoms with Gasteiger partial charge in [-0.1, -0.05) is 6.07 Å². The molecule has 198 valence electrons. The minimum absolute atomic E-state index is 0.0291. The van der Waals surface area contributed by atoms with Gasteiger partial charge in [0.15, 0.2) is 17.3 Å². The van der Waals surface area contributed by atoms with Gasteiger partial charge in [0.05, 0.1) is 17.7 Å². The number of amides is 2. The number of oxazole rings is 1. The van der Waals surface area contributed by atoms with Gasteiger partial charge in [-0.15, -0.1) is 0 Å². The molecule has 2 aromatic carbocycles. The first-order valence-electron chi connectivity index (χ1n) is 11.6. The Morgan fingerprint density at radius 3 is 2.63 bits per heavy atom. The number of pyridine rings is 1. The lowest BCUT2D eigenvalue weighted by molar-refractivity contribution is -0.123. The van der Waals surface area contributed by atoms with E-state index in [2.05, 4.69) is 4.98 Å². The molecule has 0 spiro atoms. The molecule has 1 unspecified atom stereocenters. The van der Waals surface area contributed by atoms with E-state index in [4.69, 9.17) is 15.3 Å². The van der Waals surface area contributed by atoms with Crippen molar-refractivity contribution in [3.8, 4) is 11.1 Å². The highest BCUT2D eigenvalue weighted by atomic mass is 19.1. The van der Waals surface area contributed by atoms with E-state index in [1.165, 1.54) is 11.6 Å². The Kier molecular flexibility index (Phi) is 6.00. The van der Waals surface area contributed by atoms with Gasteiger partial charge in [-0.2, -0.15) is 4.98 Å². The Balaban J connectivity index is 1.68. The highest BCUT2D eigenvalue weighted by Crippen LogP contribution is 2.41. The Morgan fingerprint density at radius 2 is 1.97 bits per heavy atom. The second kappa shape index (κ2) is 9.08. The van der Waals surface area contributed by atoms with Crippen LogP contribution in [0.2, 0.25) is 0 Å². The summed E-state index contributed by atoms with van der Waals surface area (Å²) in [4.78, 5) is 41.5. The van der Waals surface area contributed by atoms with Crippen molar-refractivity contribution in [2.24, 2.45) is 0 Å². The zero-order valence-electron chi connectivity index (χ0n) is 20.2. The maximum atomic E-state index is 14.8. The first-order chi connectivity index (χ1) is 18.0. The van der Waals surface area contributed by atoms with Crippen LogP contribution in [0.5, 0.6) is 0 Å². The van der Waals surface area contributed by atoms with Gasteiger partial charge < -0.3 is 25.1 Å². The van der Waals surface area contributed by atoms with Crippen LogP contribution in [0.25, 0.3) is 33.1 Å². The van der Waals surface area contributed by atoms with E-state index in [9.17, 15) is 27.6 Å². The molecule has 38 heavy (non-hydrogen) atoms. The molecule has 1 aliphatic rings. The number of aromatic nitrogens is 2. The van der Waals surface area contributed by atoms with Gasteiger partial charge in [0.1, 0.15) is 11.6 Å². The topological polar surface area (TPSA) is 144 Å². The van der Waals surface area contributed by atoms with Crippen LogP contribution < -0.4 is 21.5 Å². The maximum absolute atomic E-state index is 14.8. The van der Waals surface area contributed by atoms with Gasteiger partial charge in [-0.05, 0) is 43.0 Å². The molecule has 1 aliphatic carbocycles. The van der Waals surface area contributed by atoms with Crippen molar-refractivity contribution in [3.05, 3.63) is 51.8 Å². The van der Waals surface area contributed by atoms with Crippen molar-refractivity contribution < 1.29 is 32.3 Å². The van der Waals surface area contributed by atoms with E-state index < -0.39 is 41.9 Å². The summed E-state index contributed by atoms with van der Waals surface area (Å²) in [5.41, 5.74) is 5.83. The van der Waals surface area contributed by atoms with E-state index in [1.807, 2.05) is 0 Å². The summed E-state index contributed by atoms with van der Waals surface area (Å²) < 4.78 is 50.6. The summed E-state index contributed by atoms with van der Waals surface area (Å²) in [7, 11) is 1.18. The van der Waals surface area contributed by atoms with Crippen molar-refractivity contribution in [3.63, 3.8) is 0 Å². The molecule has 1 saturated carbocycles. The number of hydrogen-bond donors (Lipinski definition) is 3. The Labute approximate surface area is 212 Å². The van der Waals surface area contributed by atoms with Gasteiger partial charge >= 0.3 is 12.1 Å². The van der Waals surface area contributed by atoms with Gasteiger partial charge in [0.25, 0.3) is 11.5 Å². The second-order valence-electron chi connectivity index (χ2n) is 9.12. The molecule has 1 fully saturated rings. The predicted molar refractivity (Wildman–Crippen MR) is 133 cm³/mol. The van der Waals surface area contributed by atoms with E-state index in [1.54, 1.807) is 24.4 Å². The number of fused-ring (bicyclic) bond motifs is 3. The third-order valence-corrected chi connectivity index (χ3v) is 6.56. The smallest absolute Gasteiger partial charge is 0.404 e. The molecule has 0 radical (unpaired) electrons. The number of halogens is 3. The summed E-state index contributed by atoms with van der Waals surface area (Å²) in [5.74, 6) is -2.64. The summed E-state index contributed by atoms with van der Waals surface area (Å²) in [6, 6.07) is 4.52. The highest BCUT2D eigenvalue weighted by molar-refractivity contribution is 6.05. The number of nitrogens with two attached hydrogens (primary N) is 1. The summed E-state index contributed by atoms with van der Waals surface area (Å²) in [6.45, 7) is 0.895. The summed E-state index contributed by atoms with van der Waals surface area (Å²) in [5, 5.41) is 10.9. The average molecular weight is 529 g/mol. The van der Waals surface area contributed by atoms with Crippen LogP contribution in [0, 0.1) is 18.6 Å². The number of alkyl halides is 1. The van der Waals surface area contributed by atoms with Crippen LogP contribution in [0.1, 0.15) is 24.4 Å². The first kappa shape index (κ1) is 25.1. The van der Waals surface area contributed by atoms with Crippen LogP contribution in [-0.2, 0) is 4.79 Å². The molecule has 0 saturated heterocycles. The molecular weight excluding hydrogens is 507 g/mol. The average Bonchev–Trinajstić information content (AvgIpc) is 3.61. The fraction of sp³-hybridized carbons (Fsp3) is 0.280. The van der Waals surface area contributed by atoms with E-state index in [-0.39, 0.29) is 34.4 Å². The number of nitrogen functional groups attached to an aromatic ring is 1. The zero-order valence-corrected chi connectivity index (χ0v) is 20.2. The molecule has 1 atom stereocenters. The third-order valence-electron chi connectivity index (χ3n) is 6.56. The molecule has 13 heteroatoms. The van der Waals surface area contributed by atoms with Gasteiger partial charge in [0, 0.05) is 30.1 Å². The van der Waals surface area contributed by atoms with E-state index >= 15 is 0 Å². The monoisotopic (exact) mass is 529 g/mol. The van der Waals surface area contributed by atoms with Gasteiger partial charge in [0.2, 0.25) is 0 Å². The number of benzene rings is 2. The first-order valence-corrected chi connectivity index (χ1v) is 11.6. The number of rotatable bonds is 6. The lowest BCUT2D eigenvalue weighted by atomic mass is 9.96. The summed E-state index contributed by atoms with van der Waals surface area (Å²) in [6.07, 6.45) is -2.27. The molecule has 0 aliphatic heterocycles. The molecule has 2 aromatic heterocycles. The van der Waals surface area contributed by atoms with Crippen molar-refractivity contribution in [2.75, 3.05) is 24.2 Å². The number of nitrogens with zero attached hydrogens (tertiary/aromatic N) is 3. The fourth-order valence-corrected chi connectivity index (χ4v) is 4.50. The van der Waals surface area contributed by atoms with Crippen molar-refractivity contribution in [1.82, 2.24) is 14.9 Å². The standard InChI is InChI=1S/C25H22F3N5O5/c1-10-12(14-7-16(27)18(29)8-15(14)26)5-6-13-20(10)33(11-3-4-11)23(35)19-21(13)38-24(31-19)32(2)22(34)17(28)9-30-25(36)37/h5-8,11,17,30H,3-4,9,29H2,1-2H3,(H,36,37). The number of anilines is 2. The fourth-order valence-electron chi connectivity index (χ4n) is 4.50. The Hall–Kier alpha value is -4.55. The lowest BCUT2D eigenvalue weighted by Gasteiger charge is -2.16. The molecule has 5 rings (SSSR count). The third kappa shape index (κ3) is 4.09. The normalized spacial score (nSPS) is 14.1.